The van der Waals surface area contributed by atoms with E-state index in [1.165, 1.54) is 0 Å². The maximum Gasteiger partial charge on any atom is 0.265 e. The molecule has 0 saturated heterocycles. The van der Waals surface area contributed by atoms with Crippen molar-refractivity contribution in [3.05, 3.63) is 53.6 Å². The number of rotatable bonds is 4. The summed E-state index contributed by atoms with van der Waals surface area (Å²) in [5, 5.41) is 5.38. The number of carbonyl (C=O) groups is 2. The number of para-hydroxylation sites is 2. The van der Waals surface area contributed by atoms with Crippen molar-refractivity contribution in [3.8, 4) is 11.5 Å². The number of amides is 2. The van der Waals surface area contributed by atoms with Gasteiger partial charge in [-0.3, -0.25) is 9.59 Å². The van der Waals surface area contributed by atoms with E-state index in [0.29, 0.717) is 11.5 Å². The third-order valence-corrected chi connectivity index (χ3v) is 4.10. The molecule has 2 aromatic rings. The van der Waals surface area contributed by atoms with E-state index in [9.17, 15) is 9.59 Å². The van der Waals surface area contributed by atoms with E-state index < -0.39 is 6.10 Å². The Morgan fingerprint density at radius 1 is 1.08 bits per heavy atom. The molecule has 1 heterocycles. The summed E-state index contributed by atoms with van der Waals surface area (Å²) in [6, 6.07) is 12.8. The maximum absolute atomic E-state index is 12.2. The second-order valence-electron chi connectivity index (χ2n) is 5.88. The molecule has 1 aliphatic rings. The average molecular weight is 340 g/mol. The topological polar surface area (TPSA) is 76.7 Å². The van der Waals surface area contributed by atoms with Crippen LogP contribution in [-0.4, -0.2) is 31.1 Å². The zero-order valence-corrected chi connectivity index (χ0v) is 14.2. The van der Waals surface area contributed by atoms with Crippen LogP contribution in [0.4, 0.5) is 5.69 Å². The molecule has 0 bridgehead atoms. The first-order chi connectivity index (χ1) is 12.0. The first-order valence-electron chi connectivity index (χ1n) is 8.07. The van der Waals surface area contributed by atoms with Crippen LogP contribution in [0, 0.1) is 13.8 Å². The second kappa shape index (κ2) is 7.25. The van der Waals surface area contributed by atoms with Crippen molar-refractivity contribution in [2.45, 2.75) is 20.0 Å². The highest BCUT2D eigenvalue weighted by Crippen LogP contribution is 2.30. The highest BCUT2D eigenvalue weighted by Gasteiger charge is 2.27. The number of hydrogen-bond donors (Lipinski definition) is 2. The third-order valence-electron chi connectivity index (χ3n) is 4.10. The Hall–Kier alpha value is -3.02. The quantitative estimate of drug-likeness (QED) is 0.895. The minimum atomic E-state index is -0.775. The summed E-state index contributed by atoms with van der Waals surface area (Å²) in [7, 11) is 0. The van der Waals surface area contributed by atoms with Crippen molar-refractivity contribution >= 4 is 17.5 Å². The summed E-state index contributed by atoms with van der Waals surface area (Å²) in [5.41, 5.74) is 2.83. The van der Waals surface area contributed by atoms with E-state index in [0.717, 1.165) is 16.8 Å². The van der Waals surface area contributed by atoms with Gasteiger partial charge in [0.05, 0.1) is 6.54 Å². The second-order valence-corrected chi connectivity index (χ2v) is 5.88. The van der Waals surface area contributed by atoms with Crippen molar-refractivity contribution in [1.82, 2.24) is 5.32 Å². The van der Waals surface area contributed by atoms with Gasteiger partial charge in [-0.15, -0.1) is 0 Å². The molecule has 6 heteroatoms. The number of fused-ring (bicyclic) bond motifs is 1. The summed E-state index contributed by atoms with van der Waals surface area (Å²) in [6.07, 6.45) is -0.775. The van der Waals surface area contributed by atoms with Gasteiger partial charge in [-0.2, -0.15) is 0 Å². The first-order valence-corrected chi connectivity index (χ1v) is 8.07. The molecule has 0 radical (unpaired) electrons. The molecule has 0 aliphatic carbocycles. The van der Waals surface area contributed by atoms with Crippen LogP contribution in [0.15, 0.2) is 42.5 Å². The average Bonchev–Trinajstić information content (AvgIpc) is 2.63. The fourth-order valence-electron chi connectivity index (χ4n) is 2.51. The van der Waals surface area contributed by atoms with Gasteiger partial charge in [-0.05, 0) is 43.2 Å². The minimum Gasteiger partial charge on any atom is -0.485 e. The molecular weight excluding hydrogens is 320 g/mol. The SMILES string of the molecule is Cc1cccc(NC(=O)CNC(=O)[C@@H]2COc3ccccc3O2)c1C. The molecule has 1 atom stereocenters. The third kappa shape index (κ3) is 3.91. The number of aryl methyl sites for hydroxylation is 1. The molecule has 2 amide bonds. The molecule has 3 rings (SSSR count). The highest BCUT2D eigenvalue weighted by molar-refractivity contribution is 5.95. The Kier molecular flexibility index (Phi) is 4.88. The Labute approximate surface area is 146 Å². The van der Waals surface area contributed by atoms with Crippen LogP contribution in [0.5, 0.6) is 11.5 Å². The largest absolute Gasteiger partial charge is 0.485 e. The lowest BCUT2D eigenvalue weighted by molar-refractivity contribution is -0.131. The van der Waals surface area contributed by atoms with Crippen LogP contribution < -0.4 is 20.1 Å². The van der Waals surface area contributed by atoms with Crippen molar-refractivity contribution in [2.24, 2.45) is 0 Å². The van der Waals surface area contributed by atoms with Crippen molar-refractivity contribution in [1.29, 1.82) is 0 Å². The van der Waals surface area contributed by atoms with E-state index in [2.05, 4.69) is 10.6 Å². The summed E-state index contributed by atoms with van der Waals surface area (Å²) >= 11 is 0. The number of ether oxygens (including phenoxy) is 2. The van der Waals surface area contributed by atoms with Gasteiger partial charge in [0.25, 0.3) is 5.91 Å². The van der Waals surface area contributed by atoms with Crippen LogP contribution in [0.3, 0.4) is 0 Å². The van der Waals surface area contributed by atoms with Gasteiger partial charge in [-0.25, -0.2) is 0 Å². The van der Waals surface area contributed by atoms with Gasteiger partial charge >= 0.3 is 0 Å². The molecule has 25 heavy (non-hydrogen) atoms. The molecule has 6 nitrogen and oxygen atoms in total. The summed E-state index contributed by atoms with van der Waals surface area (Å²) < 4.78 is 11.1. The lowest BCUT2D eigenvalue weighted by Crippen LogP contribution is -2.46. The standard InChI is InChI=1S/C19H20N2O4/c1-12-6-5-7-14(13(12)2)21-18(22)10-20-19(23)17-11-24-15-8-3-4-9-16(15)25-17/h3-9,17H,10-11H2,1-2H3,(H,20,23)(H,21,22)/t17-/m0/s1. The number of carbonyl (C=O) groups excluding carboxylic acids is 2. The smallest absolute Gasteiger partial charge is 0.265 e. The van der Waals surface area contributed by atoms with Gasteiger partial charge in [0.1, 0.15) is 6.61 Å². The molecule has 1 aliphatic heterocycles. The molecule has 2 aromatic carbocycles. The molecule has 0 fully saturated rings. The molecule has 130 valence electrons. The molecule has 0 spiro atoms. The van der Waals surface area contributed by atoms with E-state index in [-0.39, 0.29) is 25.0 Å². The van der Waals surface area contributed by atoms with Gasteiger partial charge in [0.15, 0.2) is 11.5 Å². The van der Waals surface area contributed by atoms with Crippen LogP contribution in [0.2, 0.25) is 0 Å². The zero-order valence-electron chi connectivity index (χ0n) is 14.2. The Morgan fingerprint density at radius 3 is 2.64 bits per heavy atom. The minimum absolute atomic E-state index is 0.113. The molecule has 2 N–H and O–H groups in total. The maximum atomic E-state index is 12.2. The molecule has 0 aromatic heterocycles. The van der Waals surface area contributed by atoms with Crippen LogP contribution in [0.25, 0.3) is 0 Å². The van der Waals surface area contributed by atoms with E-state index in [1.807, 2.05) is 38.1 Å². The van der Waals surface area contributed by atoms with E-state index >= 15 is 0 Å². The van der Waals surface area contributed by atoms with Crippen LogP contribution in [-0.2, 0) is 9.59 Å². The van der Waals surface area contributed by atoms with Crippen LogP contribution >= 0.6 is 0 Å². The van der Waals surface area contributed by atoms with Crippen molar-refractivity contribution in [2.75, 3.05) is 18.5 Å². The highest BCUT2D eigenvalue weighted by atomic mass is 16.6. The zero-order chi connectivity index (χ0) is 17.8. The Balaban J connectivity index is 1.52. The van der Waals surface area contributed by atoms with Gasteiger partial charge in [-0.1, -0.05) is 24.3 Å². The van der Waals surface area contributed by atoms with Crippen molar-refractivity contribution < 1.29 is 19.1 Å². The van der Waals surface area contributed by atoms with Crippen LogP contribution in [0.1, 0.15) is 11.1 Å². The number of benzene rings is 2. The number of nitrogens with one attached hydrogen (secondary N) is 2. The van der Waals surface area contributed by atoms with Crippen molar-refractivity contribution in [3.63, 3.8) is 0 Å². The molecule has 0 unspecified atom stereocenters. The fourth-order valence-corrected chi connectivity index (χ4v) is 2.51. The predicted molar refractivity (Wildman–Crippen MR) is 93.9 cm³/mol. The lowest BCUT2D eigenvalue weighted by atomic mass is 10.1. The Morgan fingerprint density at radius 2 is 1.84 bits per heavy atom. The van der Waals surface area contributed by atoms with Gasteiger partial charge < -0.3 is 20.1 Å². The Bertz CT molecular complexity index is 804. The van der Waals surface area contributed by atoms with E-state index in [1.54, 1.807) is 18.2 Å². The summed E-state index contributed by atoms with van der Waals surface area (Å²) in [5.74, 6) is 0.456. The summed E-state index contributed by atoms with van der Waals surface area (Å²) in [4.78, 5) is 24.3. The monoisotopic (exact) mass is 340 g/mol. The van der Waals surface area contributed by atoms with E-state index in [4.69, 9.17) is 9.47 Å². The first kappa shape index (κ1) is 16.8. The fraction of sp³-hybridized carbons (Fsp3) is 0.263. The molecular formula is C19H20N2O4. The molecule has 0 saturated carbocycles. The number of anilines is 1. The lowest BCUT2D eigenvalue weighted by Gasteiger charge is -2.25. The van der Waals surface area contributed by atoms with Gasteiger partial charge in [0.2, 0.25) is 12.0 Å². The van der Waals surface area contributed by atoms with Gasteiger partial charge in [0, 0.05) is 5.69 Å². The summed E-state index contributed by atoms with van der Waals surface area (Å²) in [6.45, 7) is 3.90. The number of hydrogen-bond acceptors (Lipinski definition) is 4. The normalized spacial score (nSPS) is 15.4. The predicted octanol–water partition coefficient (Wildman–Crippen LogP) is 2.20.